The Morgan fingerprint density at radius 2 is 2.11 bits per heavy atom. The van der Waals surface area contributed by atoms with E-state index < -0.39 is 0 Å². The van der Waals surface area contributed by atoms with Crippen LogP contribution in [0.25, 0.3) is 10.9 Å². The summed E-state index contributed by atoms with van der Waals surface area (Å²) in [4.78, 5) is 4.67. The van der Waals surface area contributed by atoms with E-state index in [1.165, 1.54) is 10.9 Å². The molecule has 1 aromatic carbocycles. The van der Waals surface area contributed by atoms with Crippen LogP contribution in [0.2, 0.25) is 0 Å². The number of hydrogen-bond donors (Lipinski definition) is 1. The molecule has 0 fully saturated rings. The zero-order valence-corrected chi connectivity index (χ0v) is 12.4. The van der Waals surface area contributed by atoms with Crippen molar-refractivity contribution >= 4 is 28.3 Å². The van der Waals surface area contributed by atoms with Gasteiger partial charge in [-0.3, -0.25) is 0 Å². The maximum atomic E-state index is 5.81. The molecule has 0 aliphatic rings. The van der Waals surface area contributed by atoms with E-state index in [0.29, 0.717) is 5.92 Å². The Bertz CT molecular complexity index is 539. The number of anilines is 1. The summed E-state index contributed by atoms with van der Waals surface area (Å²) in [6.45, 7) is 5.24. The van der Waals surface area contributed by atoms with Crippen LogP contribution in [0.3, 0.4) is 0 Å². The van der Waals surface area contributed by atoms with Gasteiger partial charge in [0.25, 0.3) is 0 Å². The standard InChI is InChI=1S/C16H21ClN2/c1-12(11-17)6-5-9-18-16-13(2)10-14-7-3-4-8-15(14)19-16/h3-4,7-8,10,12H,5-6,9,11H2,1-2H3,(H,18,19). The van der Waals surface area contributed by atoms with Gasteiger partial charge in [-0.1, -0.05) is 25.1 Å². The maximum absolute atomic E-state index is 5.81. The van der Waals surface area contributed by atoms with Crippen LogP contribution in [0.5, 0.6) is 0 Å². The molecule has 2 nitrogen and oxygen atoms in total. The van der Waals surface area contributed by atoms with Crippen molar-refractivity contribution in [1.82, 2.24) is 4.98 Å². The molecule has 0 aliphatic heterocycles. The number of nitrogens with zero attached hydrogens (tertiary/aromatic N) is 1. The van der Waals surface area contributed by atoms with Crippen LogP contribution in [0.15, 0.2) is 30.3 Å². The number of halogens is 1. The van der Waals surface area contributed by atoms with Crippen LogP contribution in [-0.2, 0) is 0 Å². The first kappa shape index (κ1) is 14.1. The number of hydrogen-bond acceptors (Lipinski definition) is 2. The minimum absolute atomic E-state index is 0.592. The highest BCUT2D eigenvalue weighted by molar-refractivity contribution is 6.18. The molecule has 0 spiro atoms. The van der Waals surface area contributed by atoms with Crippen molar-refractivity contribution in [1.29, 1.82) is 0 Å². The van der Waals surface area contributed by atoms with Gasteiger partial charge in [0.15, 0.2) is 0 Å². The summed E-state index contributed by atoms with van der Waals surface area (Å²) in [6, 6.07) is 10.4. The third-order valence-corrected chi connectivity index (χ3v) is 3.87. The molecule has 1 unspecified atom stereocenters. The summed E-state index contributed by atoms with van der Waals surface area (Å²) in [5.41, 5.74) is 2.24. The highest BCUT2D eigenvalue weighted by Gasteiger charge is 2.03. The third-order valence-electron chi connectivity index (χ3n) is 3.34. The average molecular weight is 277 g/mol. The lowest BCUT2D eigenvalue weighted by atomic mass is 10.1. The van der Waals surface area contributed by atoms with Crippen LogP contribution < -0.4 is 5.32 Å². The van der Waals surface area contributed by atoms with Crippen molar-refractivity contribution in [2.24, 2.45) is 5.92 Å². The second kappa shape index (κ2) is 6.76. The third kappa shape index (κ3) is 3.84. The molecule has 1 atom stereocenters. The summed E-state index contributed by atoms with van der Waals surface area (Å²) < 4.78 is 0. The van der Waals surface area contributed by atoms with Crippen molar-refractivity contribution in [2.45, 2.75) is 26.7 Å². The summed E-state index contributed by atoms with van der Waals surface area (Å²) in [6.07, 6.45) is 2.28. The summed E-state index contributed by atoms with van der Waals surface area (Å²) >= 11 is 5.81. The second-order valence-corrected chi connectivity index (χ2v) is 5.48. The Kier molecular flexibility index (Phi) is 5.03. The summed E-state index contributed by atoms with van der Waals surface area (Å²) in [7, 11) is 0. The summed E-state index contributed by atoms with van der Waals surface area (Å²) in [5, 5.41) is 4.63. The van der Waals surface area contributed by atoms with E-state index >= 15 is 0 Å². The number of benzene rings is 1. The molecule has 102 valence electrons. The maximum Gasteiger partial charge on any atom is 0.129 e. The van der Waals surface area contributed by atoms with Gasteiger partial charge in [-0.25, -0.2) is 4.98 Å². The largest absolute Gasteiger partial charge is 0.370 e. The van der Waals surface area contributed by atoms with Crippen LogP contribution in [0.1, 0.15) is 25.3 Å². The number of aromatic nitrogens is 1. The van der Waals surface area contributed by atoms with Gasteiger partial charge in [0, 0.05) is 17.8 Å². The van der Waals surface area contributed by atoms with Crippen molar-refractivity contribution in [3.63, 3.8) is 0 Å². The van der Waals surface area contributed by atoms with Gasteiger partial charge < -0.3 is 5.32 Å². The number of aryl methyl sites for hydroxylation is 1. The first-order valence-corrected chi connectivity index (χ1v) is 7.40. The lowest BCUT2D eigenvalue weighted by molar-refractivity contribution is 0.572. The molecule has 0 bridgehead atoms. The average Bonchev–Trinajstić information content (AvgIpc) is 2.43. The van der Waals surface area contributed by atoms with E-state index in [1.807, 2.05) is 12.1 Å². The molecular formula is C16H21ClN2. The topological polar surface area (TPSA) is 24.9 Å². The fraction of sp³-hybridized carbons (Fsp3) is 0.438. The van der Waals surface area contributed by atoms with E-state index in [2.05, 4.69) is 42.3 Å². The predicted octanol–water partition coefficient (Wildman–Crippen LogP) is 4.61. The molecule has 1 heterocycles. The Hall–Kier alpha value is -1.28. The van der Waals surface area contributed by atoms with Crippen LogP contribution in [-0.4, -0.2) is 17.4 Å². The molecule has 0 radical (unpaired) electrons. The Labute approximate surface area is 120 Å². The molecule has 3 heteroatoms. The highest BCUT2D eigenvalue weighted by atomic mass is 35.5. The minimum atomic E-state index is 0.592. The molecule has 0 amide bonds. The Balaban J connectivity index is 1.98. The highest BCUT2D eigenvalue weighted by Crippen LogP contribution is 2.19. The number of fused-ring (bicyclic) bond motifs is 1. The molecule has 1 aromatic heterocycles. The van der Waals surface area contributed by atoms with Crippen LogP contribution in [0, 0.1) is 12.8 Å². The smallest absolute Gasteiger partial charge is 0.129 e. The Morgan fingerprint density at radius 3 is 2.89 bits per heavy atom. The van der Waals surface area contributed by atoms with E-state index in [0.717, 1.165) is 36.6 Å². The van der Waals surface area contributed by atoms with Crippen molar-refractivity contribution in [3.8, 4) is 0 Å². The zero-order chi connectivity index (χ0) is 13.7. The molecular weight excluding hydrogens is 256 g/mol. The van der Waals surface area contributed by atoms with Gasteiger partial charge in [-0.05, 0) is 43.4 Å². The van der Waals surface area contributed by atoms with Crippen molar-refractivity contribution in [3.05, 3.63) is 35.9 Å². The van der Waals surface area contributed by atoms with Gasteiger partial charge in [0.05, 0.1) is 5.52 Å². The molecule has 1 N–H and O–H groups in total. The molecule has 0 saturated heterocycles. The fourth-order valence-corrected chi connectivity index (χ4v) is 2.29. The number of rotatable bonds is 6. The molecule has 0 saturated carbocycles. The summed E-state index contributed by atoms with van der Waals surface area (Å²) in [5.74, 6) is 2.33. The molecule has 2 rings (SSSR count). The molecule has 2 aromatic rings. The quantitative estimate of drug-likeness (QED) is 0.616. The number of nitrogens with one attached hydrogen (secondary N) is 1. The van der Waals surface area contributed by atoms with Gasteiger partial charge in [0.1, 0.15) is 5.82 Å². The number of para-hydroxylation sites is 1. The van der Waals surface area contributed by atoms with E-state index in [-0.39, 0.29) is 0 Å². The normalized spacial score (nSPS) is 12.6. The van der Waals surface area contributed by atoms with E-state index in [4.69, 9.17) is 11.6 Å². The van der Waals surface area contributed by atoms with Crippen LogP contribution >= 0.6 is 11.6 Å². The monoisotopic (exact) mass is 276 g/mol. The van der Waals surface area contributed by atoms with E-state index in [1.54, 1.807) is 0 Å². The second-order valence-electron chi connectivity index (χ2n) is 5.18. The lowest BCUT2D eigenvalue weighted by Crippen LogP contribution is -2.07. The Morgan fingerprint density at radius 1 is 1.32 bits per heavy atom. The van der Waals surface area contributed by atoms with Crippen LogP contribution in [0.4, 0.5) is 5.82 Å². The van der Waals surface area contributed by atoms with Crippen molar-refractivity contribution in [2.75, 3.05) is 17.7 Å². The van der Waals surface area contributed by atoms with E-state index in [9.17, 15) is 0 Å². The zero-order valence-electron chi connectivity index (χ0n) is 11.6. The minimum Gasteiger partial charge on any atom is -0.370 e. The molecule has 0 aliphatic carbocycles. The van der Waals surface area contributed by atoms with Gasteiger partial charge in [-0.15, -0.1) is 11.6 Å². The lowest BCUT2D eigenvalue weighted by Gasteiger charge is -2.11. The number of pyridine rings is 1. The molecule has 19 heavy (non-hydrogen) atoms. The van der Waals surface area contributed by atoms with Gasteiger partial charge >= 0.3 is 0 Å². The number of alkyl halides is 1. The van der Waals surface area contributed by atoms with Crippen molar-refractivity contribution < 1.29 is 0 Å². The fourth-order valence-electron chi connectivity index (χ4n) is 2.14. The SMILES string of the molecule is Cc1cc2ccccc2nc1NCCCC(C)CCl. The first-order valence-electron chi connectivity index (χ1n) is 6.87. The first-order chi connectivity index (χ1) is 9.20. The van der Waals surface area contributed by atoms with Gasteiger partial charge in [-0.2, -0.15) is 0 Å². The van der Waals surface area contributed by atoms with Gasteiger partial charge in [0.2, 0.25) is 0 Å². The predicted molar refractivity (Wildman–Crippen MR) is 84.1 cm³/mol.